The van der Waals surface area contributed by atoms with E-state index in [0.29, 0.717) is 11.7 Å². The van der Waals surface area contributed by atoms with Gasteiger partial charge < -0.3 is 9.47 Å². The fraction of sp³-hybridized carbons (Fsp3) is 0.692. The van der Waals surface area contributed by atoms with Crippen LogP contribution < -0.4 is 9.47 Å². The highest BCUT2D eigenvalue weighted by Crippen LogP contribution is 2.44. The first-order valence-electron chi connectivity index (χ1n) is 11.9. The van der Waals surface area contributed by atoms with Crippen molar-refractivity contribution in [3.8, 4) is 11.5 Å². The average Bonchev–Trinajstić information content (AvgIpc) is 2.67. The second-order valence-electron chi connectivity index (χ2n) is 10.1. The molecule has 32 heavy (non-hydrogen) atoms. The van der Waals surface area contributed by atoms with Crippen LogP contribution in [0.15, 0.2) is 12.2 Å². The molecule has 1 heterocycles. The van der Waals surface area contributed by atoms with E-state index < -0.39 is 15.9 Å². The summed E-state index contributed by atoms with van der Waals surface area (Å²) in [6, 6.07) is 0. The second-order valence-corrected chi connectivity index (χ2v) is 11.7. The van der Waals surface area contributed by atoms with Gasteiger partial charge in [-0.15, -0.1) is 0 Å². The van der Waals surface area contributed by atoms with Crippen molar-refractivity contribution in [3.05, 3.63) is 34.4 Å². The molecule has 1 aliphatic rings. The zero-order valence-electron chi connectivity index (χ0n) is 21.0. The minimum absolute atomic E-state index is 0.0740. The summed E-state index contributed by atoms with van der Waals surface area (Å²) in [5, 5.41) is 0. The van der Waals surface area contributed by atoms with Gasteiger partial charge in [0, 0.05) is 5.56 Å². The minimum Gasteiger partial charge on any atom is -0.492 e. The Morgan fingerprint density at radius 3 is 2.44 bits per heavy atom. The molecule has 1 aliphatic heterocycles. The van der Waals surface area contributed by atoms with Gasteiger partial charge in [0.05, 0.1) is 0 Å². The van der Waals surface area contributed by atoms with Gasteiger partial charge in [-0.2, -0.15) is 8.42 Å². The Labute approximate surface area is 195 Å². The number of ether oxygens (including phenoxy) is 2. The highest BCUT2D eigenvalue weighted by molar-refractivity contribution is 7.85. The van der Waals surface area contributed by atoms with E-state index in [1.165, 1.54) is 19.3 Å². The van der Waals surface area contributed by atoms with Crippen molar-refractivity contribution in [2.45, 2.75) is 92.6 Å². The van der Waals surface area contributed by atoms with E-state index in [-0.39, 0.29) is 12.2 Å². The molecule has 0 radical (unpaired) electrons. The van der Waals surface area contributed by atoms with Crippen LogP contribution in [0.2, 0.25) is 0 Å². The topological polar surface area (TPSA) is 72.8 Å². The first kappa shape index (κ1) is 26.7. The third-order valence-corrected chi connectivity index (χ3v) is 7.28. The fourth-order valence-corrected chi connectivity index (χ4v) is 4.67. The molecule has 6 heteroatoms. The van der Waals surface area contributed by atoms with Gasteiger partial charge in [0.2, 0.25) is 0 Å². The number of hydrogen-bond donors (Lipinski definition) is 1. The molecule has 2 rings (SSSR count). The van der Waals surface area contributed by atoms with Crippen molar-refractivity contribution in [1.82, 2.24) is 0 Å². The summed E-state index contributed by atoms with van der Waals surface area (Å²) >= 11 is 0. The highest BCUT2D eigenvalue weighted by atomic mass is 32.2. The van der Waals surface area contributed by atoms with E-state index in [2.05, 4.69) is 39.8 Å². The molecule has 1 N–H and O–H groups in total. The normalized spacial score (nSPS) is 19.8. The van der Waals surface area contributed by atoms with E-state index in [1.807, 2.05) is 20.8 Å². The third kappa shape index (κ3) is 7.51. The summed E-state index contributed by atoms with van der Waals surface area (Å²) in [4.78, 5) is 0. The van der Waals surface area contributed by atoms with Crippen molar-refractivity contribution in [1.29, 1.82) is 0 Å². The van der Waals surface area contributed by atoms with Gasteiger partial charge in [-0.3, -0.25) is 4.55 Å². The van der Waals surface area contributed by atoms with Crippen LogP contribution >= 0.6 is 0 Å². The van der Waals surface area contributed by atoms with Crippen LogP contribution in [0.4, 0.5) is 0 Å². The van der Waals surface area contributed by atoms with Crippen LogP contribution in [-0.2, 0) is 16.5 Å². The van der Waals surface area contributed by atoms with Gasteiger partial charge in [-0.1, -0.05) is 46.1 Å². The van der Waals surface area contributed by atoms with Crippen LogP contribution in [0.3, 0.4) is 0 Å². The van der Waals surface area contributed by atoms with Gasteiger partial charge >= 0.3 is 0 Å². The molecule has 0 aromatic heterocycles. The van der Waals surface area contributed by atoms with Gasteiger partial charge in [0.1, 0.15) is 29.5 Å². The van der Waals surface area contributed by atoms with E-state index in [9.17, 15) is 8.42 Å². The van der Waals surface area contributed by atoms with Crippen molar-refractivity contribution in [3.63, 3.8) is 0 Å². The van der Waals surface area contributed by atoms with E-state index in [1.54, 1.807) is 0 Å². The van der Waals surface area contributed by atoms with Crippen LogP contribution in [-0.4, -0.2) is 30.9 Å². The summed E-state index contributed by atoms with van der Waals surface area (Å²) in [7, 11) is -4.04. The predicted octanol–water partition coefficient (Wildman–Crippen LogP) is 6.37. The summed E-state index contributed by atoms with van der Waals surface area (Å²) in [6.07, 6.45) is 11.2. The summed E-state index contributed by atoms with van der Waals surface area (Å²) in [6.45, 7) is 14.9. The lowest BCUT2D eigenvalue weighted by atomic mass is 9.86. The van der Waals surface area contributed by atoms with Crippen LogP contribution in [0.1, 0.15) is 82.1 Å². The quantitative estimate of drug-likeness (QED) is 0.303. The second kappa shape index (κ2) is 11.1. The summed E-state index contributed by atoms with van der Waals surface area (Å²) < 4.78 is 43.3. The largest absolute Gasteiger partial charge is 0.492 e. The Morgan fingerprint density at radius 2 is 1.81 bits per heavy atom. The SMILES string of the molecule is Cc1c(C)c2c(c(C)c1OCCS(=O)(=O)O)CCC(C)(/C=C/CC(C)CCCC(C)C)O2. The van der Waals surface area contributed by atoms with Crippen molar-refractivity contribution >= 4 is 10.1 Å². The lowest BCUT2D eigenvalue weighted by Crippen LogP contribution is -2.35. The van der Waals surface area contributed by atoms with Gasteiger partial charge in [0.25, 0.3) is 10.1 Å². The van der Waals surface area contributed by atoms with Crippen LogP contribution in [0.25, 0.3) is 0 Å². The smallest absolute Gasteiger partial charge is 0.268 e. The van der Waals surface area contributed by atoms with Gasteiger partial charge in [-0.25, -0.2) is 0 Å². The molecule has 1 aromatic carbocycles. The lowest BCUT2D eigenvalue weighted by Gasteiger charge is -2.36. The molecule has 182 valence electrons. The zero-order chi connectivity index (χ0) is 24.1. The molecule has 2 atom stereocenters. The maximum atomic E-state index is 11.0. The number of rotatable bonds is 11. The molecule has 0 saturated heterocycles. The predicted molar refractivity (Wildman–Crippen MR) is 132 cm³/mol. The van der Waals surface area contributed by atoms with Crippen molar-refractivity contribution < 1.29 is 22.4 Å². The Kier molecular flexibility index (Phi) is 9.24. The molecule has 0 fully saturated rings. The Hall–Kier alpha value is -1.53. The number of allylic oxidation sites excluding steroid dienone is 1. The summed E-state index contributed by atoms with van der Waals surface area (Å²) in [5.41, 5.74) is 3.75. The number of hydrogen-bond acceptors (Lipinski definition) is 4. The monoisotopic (exact) mass is 466 g/mol. The first-order valence-corrected chi connectivity index (χ1v) is 13.5. The average molecular weight is 467 g/mol. The summed E-state index contributed by atoms with van der Waals surface area (Å²) in [5.74, 6) is 2.65. The van der Waals surface area contributed by atoms with E-state index >= 15 is 0 Å². The van der Waals surface area contributed by atoms with Gasteiger partial charge in [-0.05, 0) is 81.6 Å². The number of benzene rings is 1. The molecule has 0 amide bonds. The number of fused-ring (bicyclic) bond motifs is 1. The Balaban J connectivity index is 2.09. The highest BCUT2D eigenvalue weighted by Gasteiger charge is 2.33. The molecule has 5 nitrogen and oxygen atoms in total. The molecule has 0 aliphatic carbocycles. The molecule has 2 unspecified atom stereocenters. The Bertz CT molecular complexity index is 917. The lowest BCUT2D eigenvalue weighted by molar-refractivity contribution is 0.112. The van der Waals surface area contributed by atoms with E-state index in [0.717, 1.165) is 53.2 Å². The van der Waals surface area contributed by atoms with E-state index in [4.69, 9.17) is 14.0 Å². The molecule has 1 aromatic rings. The van der Waals surface area contributed by atoms with Crippen LogP contribution in [0.5, 0.6) is 11.5 Å². The van der Waals surface area contributed by atoms with Crippen molar-refractivity contribution in [2.75, 3.05) is 12.4 Å². The van der Waals surface area contributed by atoms with Crippen LogP contribution in [0, 0.1) is 32.6 Å². The molecular formula is C26H42O5S. The standard InChI is InChI=1S/C26H42O5S/c1-18(2)10-8-11-19(3)12-9-14-26(7)15-13-23-22(6)24(30-16-17-32(27,28)29)20(4)21(5)25(23)31-26/h9,14,18-19H,8,10-13,15-17H2,1-7H3,(H,27,28,29)/b14-9+. The molecule has 0 bridgehead atoms. The molecular weight excluding hydrogens is 424 g/mol. The third-order valence-electron chi connectivity index (χ3n) is 6.59. The first-order chi connectivity index (χ1) is 14.8. The molecule has 0 saturated carbocycles. The zero-order valence-corrected chi connectivity index (χ0v) is 21.8. The van der Waals surface area contributed by atoms with Crippen molar-refractivity contribution in [2.24, 2.45) is 11.8 Å². The van der Waals surface area contributed by atoms with Gasteiger partial charge in [0.15, 0.2) is 0 Å². The fourth-order valence-electron chi connectivity index (χ4n) is 4.38. The Morgan fingerprint density at radius 1 is 1.12 bits per heavy atom. The maximum Gasteiger partial charge on any atom is 0.268 e. The molecule has 0 spiro atoms. The minimum atomic E-state index is -4.04. The maximum absolute atomic E-state index is 11.0.